The van der Waals surface area contributed by atoms with Crippen LogP contribution in [0.5, 0.6) is 0 Å². The lowest BCUT2D eigenvalue weighted by atomic mass is 9.91. The molecule has 0 fully saturated rings. The molecule has 1 unspecified atom stereocenters. The zero-order valence-corrected chi connectivity index (χ0v) is 20.2. The van der Waals surface area contributed by atoms with Gasteiger partial charge in [0.05, 0.1) is 6.26 Å². The zero-order valence-electron chi connectivity index (χ0n) is 20.2. The van der Waals surface area contributed by atoms with Gasteiger partial charge in [-0.25, -0.2) is 0 Å². The van der Waals surface area contributed by atoms with E-state index in [1.54, 1.807) is 6.26 Å². The highest BCUT2D eigenvalue weighted by molar-refractivity contribution is 5.95. The maximum Gasteiger partial charge on any atom is 0.201 e. The van der Waals surface area contributed by atoms with Gasteiger partial charge in [0.2, 0.25) is 5.82 Å². The zero-order chi connectivity index (χ0) is 23.5. The number of hydrogen-bond acceptors (Lipinski definition) is 5. The summed E-state index contributed by atoms with van der Waals surface area (Å²) in [6.07, 6.45) is 15.5. The van der Waals surface area contributed by atoms with Gasteiger partial charge in [0, 0.05) is 22.9 Å². The summed E-state index contributed by atoms with van der Waals surface area (Å²) in [6, 6.07) is 8.48. The molecule has 0 saturated carbocycles. The van der Waals surface area contributed by atoms with Crippen LogP contribution in [0.25, 0.3) is 5.57 Å². The van der Waals surface area contributed by atoms with Crippen LogP contribution in [0.4, 0.5) is 0 Å². The molecule has 6 heteroatoms. The fourth-order valence-electron chi connectivity index (χ4n) is 3.85. The first-order chi connectivity index (χ1) is 16.1. The van der Waals surface area contributed by atoms with E-state index in [9.17, 15) is 0 Å². The predicted molar refractivity (Wildman–Crippen MR) is 135 cm³/mol. The van der Waals surface area contributed by atoms with Crippen LogP contribution in [0, 0.1) is 0 Å². The van der Waals surface area contributed by atoms with E-state index in [0.29, 0.717) is 12.4 Å². The third-order valence-corrected chi connectivity index (χ3v) is 5.97. The number of nitrogens with one attached hydrogen (secondary N) is 1. The molecule has 1 aliphatic rings. The van der Waals surface area contributed by atoms with E-state index in [1.165, 1.54) is 36.1 Å². The SMILES string of the molecule is C/C=C\C=C(\c1nn[nH]n1)C(C)c1ccc(COC=CC(CC)=NC2=C(C)CCCC2)cc1. The average Bonchev–Trinajstić information content (AvgIpc) is 3.37. The molecule has 1 heterocycles. The first-order valence-corrected chi connectivity index (χ1v) is 11.8. The summed E-state index contributed by atoms with van der Waals surface area (Å²) < 4.78 is 5.80. The molecule has 1 N–H and O–H groups in total. The van der Waals surface area contributed by atoms with Crippen molar-refractivity contribution in [2.75, 3.05) is 0 Å². The molecule has 0 spiro atoms. The van der Waals surface area contributed by atoms with E-state index in [1.807, 2.05) is 31.2 Å². The van der Waals surface area contributed by atoms with Crippen molar-refractivity contribution in [2.45, 2.75) is 72.3 Å². The Morgan fingerprint density at radius 2 is 2.00 bits per heavy atom. The van der Waals surface area contributed by atoms with E-state index in [4.69, 9.17) is 9.73 Å². The van der Waals surface area contributed by atoms with Crippen LogP contribution < -0.4 is 0 Å². The highest BCUT2D eigenvalue weighted by Gasteiger charge is 2.16. The summed E-state index contributed by atoms with van der Waals surface area (Å²) in [6.45, 7) is 9.00. The molecule has 1 aromatic heterocycles. The Hall–Kier alpha value is -3.28. The lowest BCUT2D eigenvalue weighted by Gasteiger charge is -2.14. The van der Waals surface area contributed by atoms with Crippen LogP contribution in [-0.4, -0.2) is 26.3 Å². The number of ether oxygens (including phenoxy) is 1. The molecule has 33 heavy (non-hydrogen) atoms. The van der Waals surface area contributed by atoms with Gasteiger partial charge in [-0.3, -0.25) is 4.99 Å². The molecule has 1 aromatic carbocycles. The Labute approximate surface area is 197 Å². The number of aromatic amines is 1. The minimum absolute atomic E-state index is 0.134. The van der Waals surface area contributed by atoms with Crippen LogP contribution >= 0.6 is 0 Å². The molecule has 0 amide bonds. The van der Waals surface area contributed by atoms with E-state index < -0.39 is 0 Å². The topological polar surface area (TPSA) is 76.0 Å². The molecule has 3 rings (SSSR count). The number of aromatic nitrogens is 4. The fraction of sp³-hybridized carbons (Fsp3) is 0.407. The Bertz CT molecular complexity index is 1030. The number of nitrogens with zero attached hydrogens (tertiary/aromatic N) is 4. The monoisotopic (exact) mass is 445 g/mol. The molecular weight excluding hydrogens is 410 g/mol. The van der Waals surface area contributed by atoms with Gasteiger partial charge in [-0.15, -0.1) is 10.2 Å². The van der Waals surface area contributed by atoms with Gasteiger partial charge in [-0.1, -0.05) is 61.9 Å². The number of hydrogen-bond donors (Lipinski definition) is 1. The predicted octanol–water partition coefficient (Wildman–Crippen LogP) is 6.69. The van der Waals surface area contributed by atoms with Crippen LogP contribution in [0.3, 0.4) is 0 Å². The van der Waals surface area contributed by atoms with Gasteiger partial charge in [-0.05, 0) is 68.4 Å². The molecule has 0 radical (unpaired) electrons. The maximum absolute atomic E-state index is 5.80. The summed E-state index contributed by atoms with van der Waals surface area (Å²) in [5.41, 5.74) is 7.08. The lowest BCUT2D eigenvalue weighted by Crippen LogP contribution is -2.01. The van der Waals surface area contributed by atoms with Crippen molar-refractivity contribution in [2.24, 2.45) is 4.99 Å². The number of tetrazole rings is 1. The van der Waals surface area contributed by atoms with E-state index >= 15 is 0 Å². The van der Waals surface area contributed by atoms with Crippen LogP contribution in [0.1, 0.15) is 82.7 Å². The number of aliphatic imine (C=N–C) groups is 1. The molecule has 1 aliphatic carbocycles. The second-order valence-corrected chi connectivity index (χ2v) is 8.35. The minimum atomic E-state index is 0.134. The summed E-state index contributed by atoms with van der Waals surface area (Å²) in [5.74, 6) is 0.750. The second kappa shape index (κ2) is 12.7. The molecule has 1 atom stereocenters. The van der Waals surface area contributed by atoms with Crippen LogP contribution in [0.2, 0.25) is 0 Å². The average molecular weight is 446 g/mol. The second-order valence-electron chi connectivity index (χ2n) is 8.35. The van der Waals surface area contributed by atoms with Crippen molar-refractivity contribution in [3.63, 3.8) is 0 Å². The Balaban J connectivity index is 1.60. The van der Waals surface area contributed by atoms with Gasteiger partial charge >= 0.3 is 0 Å². The quantitative estimate of drug-likeness (QED) is 0.251. The third kappa shape index (κ3) is 7.11. The third-order valence-electron chi connectivity index (χ3n) is 5.97. The Morgan fingerprint density at radius 3 is 2.67 bits per heavy atom. The molecule has 0 bridgehead atoms. The molecule has 6 nitrogen and oxygen atoms in total. The Morgan fingerprint density at radius 1 is 1.21 bits per heavy atom. The van der Waals surface area contributed by atoms with Crippen LogP contribution in [-0.2, 0) is 11.3 Å². The van der Waals surface area contributed by atoms with Crippen molar-refractivity contribution >= 4 is 11.3 Å². The Kier molecular flexibility index (Phi) is 9.36. The van der Waals surface area contributed by atoms with Gasteiger partial charge in [0.25, 0.3) is 0 Å². The molecule has 0 aliphatic heterocycles. The normalized spacial score (nSPS) is 16.7. The molecule has 174 valence electrons. The largest absolute Gasteiger partial charge is 0.496 e. The number of allylic oxidation sites excluding steroid dienone is 7. The van der Waals surface area contributed by atoms with Crippen LogP contribution in [0.15, 0.2) is 71.1 Å². The summed E-state index contributed by atoms with van der Waals surface area (Å²) in [7, 11) is 0. The van der Waals surface area contributed by atoms with E-state index in [2.05, 4.69) is 65.7 Å². The highest BCUT2D eigenvalue weighted by Crippen LogP contribution is 2.30. The first kappa shape index (κ1) is 24.4. The van der Waals surface area contributed by atoms with E-state index in [-0.39, 0.29) is 5.92 Å². The number of benzene rings is 1. The maximum atomic E-state index is 5.80. The summed E-state index contributed by atoms with van der Waals surface area (Å²) in [5, 5.41) is 14.6. The van der Waals surface area contributed by atoms with Crippen molar-refractivity contribution in [1.29, 1.82) is 0 Å². The van der Waals surface area contributed by atoms with Crippen molar-refractivity contribution < 1.29 is 4.74 Å². The number of rotatable bonds is 10. The fourth-order valence-corrected chi connectivity index (χ4v) is 3.85. The highest BCUT2D eigenvalue weighted by atomic mass is 16.5. The summed E-state index contributed by atoms with van der Waals surface area (Å²) >= 11 is 0. The van der Waals surface area contributed by atoms with Gasteiger partial charge in [0.1, 0.15) is 6.61 Å². The van der Waals surface area contributed by atoms with Crippen molar-refractivity contribution in [1.82, 2.24) is 20.6 Å². The van der Waals surface area contributed by atoms with Gasteiger partial charge in [0.15, 0.2) is 0 Å². The van der Waals surface area contributed by atoms with Gasteiger partial charge in [-0.2, -0.15) is 5.21 Å². The van der Waals surface area contributed by atoms with E-state index in [0.717, 1.165) is 29.7 Å². The lowest BCUT2D eigenvalue weighted by molar-refractivity contribution is 0.237. The molecule has 2 aromatic rings. The summed E-state index contributed by atoms with van der Waals surface area (Å²) in [4.78, 5) is 4.87. The molecule has 0 saturated heterocycles. The first-order valence-electron chi connectivity index (χ1n) is 11.8. The van der Waals surface area contributed by atoms with Crippen molar-refractivity contribution in [3.8, 4) is 0 Å². The standard InChI is InChI=1S/C27H35N5O/c1-5-7-11-25(27-29-31-32-30-27)21(4)23-15-13-22(14-16-23)19-33-18-17-24(6-2)28-26-12-9-8-10-20(26)3/h5,7,11,13-18,21H,6,8-10,12,19H2,1-4H3,(H,29,30,31,32)/b7-5-,18-17?,25-11+,28-24?. The van der Waals surface area contributed by atoms with Crippen molar-refractivity contribution in [3.05, 3.63) is 83.1 Å². The number of H-pyrrole nitrogens is 1. The smallest absolute Gasteiger partial charge is 0.201 e. The molecular formula is C27H35N5O. The minimum Gasteiger partial charge on any atom is -0.496 e. The van der Waals surface area contributed by atoms with Gasteiger partial charge < -0.3 is 4.74 Å².